The third kappa shape index (κ3) is 4.63. The van der Waals surface area contributed by atoms with Crippen molar-refractivity contribution in [1.82, 2.24) is 4.31 Å². The molecule has 0 radical (unpaired) electrons. The van der Waals surface area contributed by atoms with Gasteiger partial charge in [0.25, 0.3) is 0 Å². The van der Waals surface area contributed by atoms with Crippen molar-refractivity contribution in [2.45, 2.75) is 31.2 Å². The summed E-state index contributed by atoms with van der Waals surface area (Å²) in [7, 11) is -1.05. The molecule has 0 aliphatic heterocycles. The van der Waals surface area contributed by atoms with Crippen LogP contribution in [-0.2, 0) is 10.0 Å². The zero-order valence-electron chi connectivity index (χ0n) is 13.7. The highest BCUT2D eigenvalue weighted by Crippen LogP contribution is 2.30. The van der Waals surface area contributed by atoms with Crippen molar-refractivity contribution in [2.24, 2.45) is 11.7 Å². The summed E-state index contributed by atoms with van der Waals surface area (Å²) < 4.78 is 31.1. The second-order valence-corrected chi connectivity index (χ2v) is 7.66. The number of sulfonamides is 1. The molecule has 0 fully saturated rings. The predicted molar refractivity (Wildman–Crippen MR) is 86.9 cm³/mol. The van der Waals surface area contributed by atoms with E-state index in [1.165, 1.54) is 24.5 Å². The Labute approximate surface area is 136 Å². The molecule has 1 atom stereocenters. The van der Waals surface area contributed by atoms with E-state index in [1.807, 2.05) is 13.8 Å². The SMILES string of the molecule is COc1cc(S(=O)(=O)N(C)CCC(N)C(C)C)ccc1[N+](=O)[O-]. The molecule has 0 aliphatic carbocycles. The van der Waals surface area contributed by atoms with Crippen LogP contribution in [0, 0.1) is 16.0 Å². The van der Waals surface area contributed by atoms with Crippen LogP contribution < -0.4 is 10.5 Å². The van der Waals surface area contributed by atoms with Crippen molar-refractivity contribution in [3.8, 4) is 5.75 Å². The van der Waals surface area contributed by atoms with E-state index in [9.17, 15) is 18.5 Å². The van der Waals surface area contributed by atoms with Gasteiger partial charge in [0, 0.05) is 31.8 Å². The molecule has 0 spiro atoms. The lowest BCUT2D eigenvalue weighted by atomic mass is 10.0. The van der Waals surface area contributed by atoms with Gasteiger partial charge >= 0.3 is 5.69 Å². The summed E-state index contributed by atoms with van der Waals surface area (Å²) >= 11 is 0. The number of hydrogen-bond donors (Lipinski definition) is 1. The van der Waals surface area contributed by atoms with Crippen molar-refractivity contribution in [3.63, 3.8) is 0 Å². The summed E-state index contributed by atoms with van der Waals surface area (Å²) in [5.74, 6) is 0.161. The molecule has 0 saturated carbocycles. The number of nitro benzene ring substituents is 1. The van der Waals surface area contributed by atoms with Crippen molar-refractivity contribution >= 4 is 15.7 Å². The van der Waals surface area contributed by atoms with Gasteiger partial charge in [-0.3, -0.25) is 10.1 Å². The number of nitro groups is 1. The van der Waals surface area contributed by atoms with Crippen LogP contribution in [0.4, 0.5) is 5.69 Å². The van der Waals surface area contributed by atoms with Crippen LogP contribution >= 0.6 is 0 Å². The molecule has 0 aromatic heterocycles. The number of ether oxygens (including phenoxy) is 1. The van der Waals surface area contributed by atoms with Crippen molar-refractivity contribution in [2.75, 3.05) is 20.7 Å². The highest BCUT2D eigenvalue weighted by Gasteiger charge is 2.25. The Bertz CT molecular complexity index is 660. The minimum absolute atomic E-state index is 0.0550. The third-order valence-electron chi connectivity index (χ3n) is 3.69. The first-order chi connectivity index (χ1) is 10.6. The predicted octanol–water partition coefficient (Wildman–Crippen LogP) is 1.60. The highest BCUT2D eigenvalue weighted by molar-refractivity contribution is 7.89. The lowest BCUT2D eigenvalue weighted by molar-refractivity contribution is -0.385. The fourth-order valence-electron chi connectivity index (χ4n) is 1.93. The summed E-state index contributed by atoms with van der Waals surface area (Å²) in [6, 6.07) is 3.39. The normalized spacial score (nSPS) is 13.3. The Morgan fingerprint density at radius 1 is 1.39 bits per heavy atom. The van der Waals surface area contributed by atoms with Crippen LogP contribution in [0.2, 0.25) is 0 Å². The lowest BCUT2D eigenvalue weighted by Crippen LogP contribution is -2.34. The summed E-state index contributed by atoms with van der Waals surface area (Å²) in [6.07, 6.45) is 0.525. The minimum atomic E-state index is -3.76. The fraction of sp³-hybridized carbons (Fsp3) is 0.571. The average Bonchev–Trinajstić information content (AvgIpc) is 2.50. The highest BCUT2D eigenvalue weighted by atomic mass is 32.2. The smallest absolute Gasteiger partial charge is 0.310 e. The molecule has 0 bridgehead atoms. The van der Waals surface area contributed by atoms with Crippen molar-refractivity contribution in [3.05, 3.63) is 28.3 Å². The standard InChI is InChI=1S/C14H23N3O5S/c1-10(2)12(15)7-8-16(3)23(20,21)11-5-6-13(17(18)19)14(9-11)22-4/h5-6,9-10,12H,7-8,15H2,1-4H3. The van der Waals surface area contributed by atoms with E-state index in [2.05, 4.69) is 0 Å². The Morgan fingerprint density at radius 3 is 2.48 bits per heavy atom. The van der Waals surface area contributed by atoms with Gasteiger partial charge in [-0.25, -0.2) is 12.7 Å². The van der Waals surface area contributed by atoms with E-state index in [4.69, 9.17) is 10.5 Å². The molecule has 8 nitrogen and oxygen atoms in total. The minimum Gasteiger partial charge on any atom is -0.490 e. The number of methoxy groups -OCH3 is 1. The van der Waals surface area contributed by atoms with Crippen molar-refractivity contribution < 1.29 is 18.1 Å². The Morgan fingerprint density at radius 2 is 2.00 bits per heavy atom. The average molecular weight is 345 g/mol. The number of nitrogens with two attached hydrogens (primary N) is 1. The molecule has 1 aromatic carbocycles. The maximum absolute atomic E-state index is 12.5. The molecule has 1 rings (SSSR count). The second kappa shape index (κ2) is 7.71. The molecular weight excluding hydrogens is 322 g/mol. The molecule has 1 unspecified atom stereocenters. The summed E-state index contributed by atoms with van der Waals surface area (Å²) in [4.78, 5) is 10.2. The first kappa shape index (κ1) is 19.3. The monoisotopic (exact) mass is 345 g/mol. The molecule has 0 amide bonds. The maximum atomic E-state index is 12.5. The number of hydrogen-bond acceptors (Lipinski definition) is 6. The van der Waals surface area contributed by atoms with Gasteiger partial charge in [0.15, 0.2) is 5.75 Å². The first-order valence-electron chi connectivity index (χ1n) is 7.15. The molecular formula is C14H23N3O5S. The lowest BCUT2D eigenvalue weighted by Gasteiger charge is -2.21. The largest absolute Gasteiger partial charge is 0.490 e. The Kier molecular flexibility index (Phi) is 6.48. The Balaban J connectivity index is 3.01. The van der Waals surface area contributed by atoms with Gasteiger partial charge in [-0.2, -0.15) is 0 Å². The van der Waals surface area contributed by atoms with Crippen LogP contribution in [0.15, 0.2) is 23.1 Å². The van der Waals surface area contributed by atoms with Crippen molar-refractivity contribution in [1.29, 1.82) is 0 Å². The molecule has 0 heterocycles. The number of benzene rings is 1. The molecule has 0 aliphatic rings. The molecule has 23 heavy (non-hydrogen) atoms. The van der Waals surface area contributed by atoms with Gasteiger partial charge in [-0.05, 0) is 18.4 Å². The summed E-state index contributed by atoms with van der Waals surface area (Å²) in [6.45, 7) is 4.21. The maximum Gasteiger partial charge on any atom is 0.310 e. The van der Waals surface area contributed by atoms with E-state index in [1.54, 1.807) is 0 Å². The topological polar surface area (TPSA) is 116 Å². The summed E-state index contributed by atoms with van der Waals surface area (Å²) in [5.41, 5.74) is 5.65. The molecule has 9 heteroatoms. The zero-order chi connectivity index (χ0) is 17.8. The van der Waals surface area contributed by atoms with Crippen LogP contribution in [0.1, 0.15) is 20.3 Å². The van der Waals surface area contributed by atoms with E-state index < -0.39 is 14.9 Å². The number of rotatable bonds is 8. The van der Waals surface area contributed by atoms with Crippen LogP contribution in [0.3, 0.4) is 0 Å². The van der Waals surface area contributed by atoms with Crippen LogP contribution in [-0.4, -0.2) is 44.4 Å². The van der Waals surface area contributed by atoms with Gasteiger partial charge in [0.1, 0.15) is 0 Å². The fourth-order valence-corrected chi connectivity index (χ4v) is 3.14. The molecule has 1 aromatic rings. The van der Waals surface area contributed by atoms with Gasteiger partial charge in [-0.1, -0.05) is 13.8 Å². The second-order valence-electron chi connectivity index (χ2n) is 5.61. The first-order valence-corrected chi connectivity index (χ1v) is 8.59. The third-order valence-corrected chi connectivity index (χ3v) is 5.54. The molecule has 0 saturated heterocycles. The van der Waals surface area contributed by atoms with E-state index in [0.29, 0.717) is 6.42 Å². The Hall–Kier alpha value is -1.71. The molecule has 130 valence electrons. The van der Waals surface area contributed by atoms with Crippen LogP contribution in [0.25, 0.3) is 0 Å². The molecule has 2 N–H and O–H groups in total. The zero-order valence-corrected chi connectivity index (χ0v) is 14.5. The van der Waals surface area contributed by atoms with E-state index in [-0.39, 0.29) is 34.8 Å². The van der Waals surface area contributed by atoms with Crippen LogP contribution in [0.5, 0.6) is 5.75 Å². The quantitative estimate of drug-likeness (QED) is 0.565. The number of nitrogens with zero attached hydrogens (tertiary/aromatic N) is 2. The van der Waals surface area contributed by atoms with E-state index >= 15 is 0 Å². The van der Waals surface area contributed by atoms with E-state index in [0.717, 1.165) is 12.1 Å². The van der Waals surface area contributed by atoms with Gasteiger partial charge in [-0.15, -0.1) is 0 Å². The van der Waals surface area contributed by atoms with Gasteiger partial charge in [0.2, 0.25) is 10.0 Å². The van der Waals surface area contributed by atoms with Gasteiger partial charge in [0.05, 0.1) is 16.9 Å². The van der Waals surface area contributed by atoms with Gasteiger partial charge < -0.3 is 10.5 Å². The summed E-state index contributed by atoms with van der Waals surface area (Å²) in [5, 5.41) is 10.9.